The summed E-state index contributed by atoms with van der Waals surface area (Å²) in [6.07, 6.45) is -1.87. The lowest BCUT2D eigenvalue weighted by Crippen LogP contribution is -2.55. The van der Waals surface area contributed by atoms with Crippen molar-refractivity contribution in [1.29, 1.82) is 0 Å². The van der Waals surface area contributed by atoms with Gasteiger partial charge >= 0.3 is 12.2 Å². The van der Waals surface area contributed by atoms with E-state index in [4.69, 9.17) is 0 Å². The quantitative estimate of drug-likeness (QED) is 0.784. The van der Waals surface area contributed by atoms with Crippen molar-refractivity contribution in [2.24, 2.45) is 5.92 Å². The summed E-state index contributed by atoms with van der Waals surface area (Å²) in [5, 5.41) is 2.86. The zero-order valence-corrected chi connectivity index (χ0v) is 16.3. The molecule has 2 aliphatic rings. The van der Waals surface area contributed by atoms with Crippen molar-refractivity contribution in [3.8, 4) is 0 Å². The second-order valence-corrected chi connectivity index (χ2v) is 10.1. The smallest absolute Gasteiger partial charge is 0.335 e. The largest absolute Gasteiger partial charge is 0.394 e. The minimum absolute atomic E-state index is 0.0755. The standard InChI is InChI=1S/C16H28F3N3O3S/c1-15(2)13(16(17,18)19)6-9-22(15)14(23)20-12-4-7-21(8-5-12)10-11-26(3,24)25/h12-13H,4-11H2,1-3H3,(H,20,23). The number of alkyl halides is 3. The highest BCUT2D eigenvalue weighted by Crippen LogP contribution is 2.44. The lowest BCUT2D eigenvalue weighted by molar-refractivity contribution is -0.189. The number of amides is 2. The van der Waals surface area contributed by atoms with Crippen LogP contribution in [0.25, 0.3) is 0 Å². The molecule has 2 rings (SSSR count). The van der Waals surface area contributed by atoms with Gasteiger partial charge in [-0.15, -0.1) is 0 Å². The van der Waals surface area contributed by atoms with E-state index >= 15 is 0 Å². The molecular formula is C16H28F3N3O3S. The maximum atomic E-state index is 13.1. The Hall–Kier alpha value is -1.03. The molecule has 2 saturated heterocycles. The molecule has 0 aliphatic carbocycles. The Morgan fingerprint density at radius 2 is 1.73 bits per heavy atom. The van der Waals surface area contributed by atoms with Crippen LogP contribution in [0.5, 0.6) is 0 Å². The minimum Gasteiger partial charge on any atom is -0.335 e. The number of hydrogen-bond donors (Lipinski definition) is 1. The molecule has 0 aromatic heterocycles. The Morgan fingerprint density at radius 3 is 2.19 bits per heavy atom. The molecule has 2 aliphatic heterocycles. The molecule has 0 radical (unpaired) electrons. The number of urea groups is 1. The van der Waals surface area contributed by atoms with E-state index in [1.54, 1.807) is 0 Å². The maximum absolute atomic E-state index is 13.1. The van der Waals surface area contributed by atoms with Crippen molar-refractivity contribution >= 4 is 15.9 Å². The summed E-state index contributed by atoms with van der Waals surface area (Å²) in [6.45, 7) is 4.81. The van der Waals surface area contributed by atoms with Gasteiger partial charge in [0, 0.05) is 38.5 Å². The Bertz CT molecular complexity index is 614. The van der Waals surface area contributed by atoms with Crippen molar-refractivity contribution in [3.63, 3.8) is 0 Å². The summed E-state index contributed by atoms with van der Waals surface area (Å²) in [7, 11) is -3.01. The van der Waals surface area contributed by atoms with Crippen LogP contribution < -0.4 is 5.32 Å². The molecule has 26 heavy (non-hydrogen) atoms. The lowest BCUT2D eigenvalue weighted by Gasteiger charge is -2.38. The molecule has 1 atom stereocenters. The van der Waals surface area contributed by atoms with Gasteiger partial charge in [0.2, 0.25) is 0 Å². The minimum atomic E-state index is -4.32. The first-order valence-electron chi connectivity index (χ1n) is 8.85. The van der Waals surface area contributed by atoms with Crippen LogP contribution in [0.3, 0.4) is 0 Å². The van der Waals surface area contributed by atoms with Crippen molar-refractivity contribution in [3.05, 3.63) is 0 Å². The fraction of sp³-hybridized carbons (Fsp3) is 0.938. The molecule has 1 N–H and O–H groups in total. The van der Waals surface area contributed by atoms with E-state index in [0.29, 0.717) is 32.5 Å². The Balaban J connectivity index is 1.84. The van der Waals surface area contributed by atoms with Gasteiger partial charge in [0.05, 0.1) is 17.2 Å². The van der Waals surface area contributed by atoms with Gasteiger partial charge in [-0.05, 0) is 33.1 Å². The van der Waals surface area contributed by atoms with Gasteiger partial charge in [0.25, 0.3) is 0 Å². The van der Waals surface area contributed by atoms with Crippen molar-refractivity contribution in [2.45, 2.75) is 50.9 Å². The molecule has 2 heterocycles. The third kappa shape index (κ3) is 5.25. The number of likely N-dealkylation sites (tertiary alicyclic amines) is 2. The van der Waals surface area contributed by atoms with Gasteiger partial charge in [-0.25, -0.2) is 13.2 Å². The van der Waals surface area contributed by atoms with Gasteiger partial charge in [-0.2, -0.15) is 13.2 Å². The summed E-state index contributed by atoms with van der Waals surface area (Å²) < 4.78 is 61.9. The number of halogens is 3. The van der Waals surface area contributed by atoms with Crippen molar-refractivity contribution < 1.29 is 26.4 Å². The monoisotopic (exact) mass is 399 g/mol. The number of nitrogens with one attached hydrogen (secondary N) is 1. The molecular weight excluding hydrogens is 371 g/mol. The van der Waals surface area contributed by atoms with Crippen molar-refractivity contribution in [1.82, 2.24) is 15.1 Å². The number of nitrogens with zero attached hydrogens (tertiary/aromatic N) is 2. The van der Waals surface area contributed by atoms with Crippen LogP contribution in [0.15, 0.2) is 0 Å². The van der Waals surface area contributed by atoms with Crippen LogP contribution in [0, 0.1) is 5.92 Å². The second kappa shape index (κ2) is 7.53. The molecule has 6 nitrogen and oxygen atoms in total. The van der Waals surface area contributed by atoms with E-state index in [1.165, 1.54) is 25.0 Å². The molecule has 0 bridgehead atoms. The van der Waals surface area contributed by atoms with E-state index < -0.39 is 33.5 Å². The zero-order valence-electron chi connectivity index (χ0n) is 15.5. The lowest BCUT2D eigenvalue weighted by atomic mass is 9.88. The van der Waals surface area contributed by atoms with Crippen LogP contribution in [0.2, 0.25) is 0 Å². The van der Waals surface area contributed by atoms with Crippen LogP contribution >= 0.6 is 0 Å². The number of piperidine rings is 1. The maximum Gasteiger partial charge on any atom is 0.394 e. The average Bonchev–Trinajstić information content (AvgIpc) is 2.81. The third-order valence-electron chi connectivity index (χ3n) is 5.52. The fourth-order valence-electron chi connectivity index (χ4n) is 3.86. The van der Waals surface area contributed by atoms with E-state index in [0.717, 1.165) is 0 Å². The van der Waals surface area contributed by atoms with Gasteiger partial charge in [0.15, 0.2) is 0 Å². The molecule has 0 spiro atoms. The zero-order chi connectivity index (χ0) is 19.8. The summed E-state index contributed by atoms with van der Waals surface area (Å²) in [5.41, 5.74) is -1.27. The van der Waals surface area contributed by atoms with Gasteiger partial charge in [-0.1, -0.05) is 0 Å². The molecule has 0 saturated carbocycles. The molecule has 0 aromatic carbocycles. The summed E-state index contributed by atoms with van der Waals surface area (Å²) >= 11 is 0. The summed E-state index contributed by atoms with van der Waals surface area (Å²) in [6, 6.07) is -0.547. The van der Waals surface area contributed by atoms with E-state index in [1.807, 2.05) is 4.90 Å². The SMILES string of the molecule is CC1(C)C(C(F)(F)F)CCN1C(=O)NC1CCN(CCS(C)(=O)=O)CC1. The molecule has 1 unspecified atom stereocenters. The molecule has 10 heteroatoms. The number of carbonyl (C=O) groups excluding carboxylic acids is 1. The predicted octanol–water partition coefficient (Wildman–Crippen LogP) is 1.87. The van der Waals surface area contributed by atoms with Gasteiger partial charge in [0.1, 0.15) is 9.84 Å². The van der Waals surface area contributed by atoms with E-state index in [2.05, 4.69) is 5.32 Å². The number of rotatable bonds is 4. The van der Waals surface area contributed by atoms with Crippen LogP contribution in [0.4, 0.5) is 18.0 Å². The molecule has 2 fully saturated rings. The van der Waals surface area contributed by atoms with Gasteiger partial charge in [-0.3, -0.25) is 0 Å². The highest BCUT2D eigenvalue weighted by Gasteiger charge is 2.56. The predicted molar refractivity (Wildman–Crippen MR) is 92.7 cm³/mol. The molecule has 0 aromatic rings. The normalized spacial score (nSPS) is 25.5. The molecule has 152 valence electrons. The second-order valence-electron chi connectivity index (χ2n) is 7.88. The fourth-order valence-corrected chi connectivity index (χ4v) is 4.45. The highest BCUT2D eigenvalue weighted by atomic mass is 32.2. The van der Waals surface area contributed by atoms with Crippen LogP contribution in [0.1, 0.15) is 33.1 Å². The van der Waals surface area contributed by atoms with E-state index in [9.17, 15) is 26.4 Å². The summed E-state index contributed by atoms with van der Waals surface area (Å²) in [5.74, 6) is -1.41. The topological polar surface area (TPSA) is 69.7 Å². The van der Waals surface area contributed by atoms with Crippen LogP contribution in [-0.2, 0) is 9.84 Å². The van der Waals surface area contributed by atoms with Gasteiger partial charge < -0.3 is 15.1 Å². The Labute approximate surface area is 153 Å². The number of carbonyl (C=O) groups is 1. The highest BCUT2D eigenvalue weighted by molar-refractivity contribution is 7.90. The average molecular weight is 399 g/mol. The van der Waals surface area contributed by atoms with E-state index in [-0.39, 0.29) is 24.8 Å². The first kappa shape index (κ1) is 21.3. The Morgan fingerprint density at radius 1 is 1.15 bits per heavy atom. The van der Waals surface area contributed by atoms with Crippen LogP contribution in [-0.4, -0.2) is 80.2 Å². The first-order chi connectivity index (χ1) is 11.8. The Kier molecular flexibility index (Phi) is 6.16. The molecule has 2 amide bonds. The first-order valence-corrected chi connectivity index (χ1v) is 10.9. The third-order valence-corrected chi connectivity index (χ3v) is 6.45. The van der Waals surface area contributed by atoms with Crippen molar-refractivity contribution in [2.75, 3.05) is 38.2 Å². The number of hydrogen-bond acceptors (Lipinski definition) is 4. The summed E-state index contributed by atoms with van der Waals surface area (Å²) in [4.78, 5) is 15.8. The number of sulfone groups is 1.